The SMILES string of the molecule is CCOC(=O)CN1C2CCCC1(CC)CC(C(=O)O)C2. The number of esters is 1. The van der Waals surface area contributed by atoms with E-state index in [1.165, 1.54) is 0 Å². The standard InChI is InChI=1S/C15H25NO4/c1-3-15-7-5-6-12(8-11(9-15)14(18)19)16(15)10-13(17)20-4-2/h11-12H,3-10H2,1-2H3,(H,18,19). The van der Waals surface area contributed by atoms with Gasteiger partial charge < -0.3 is 9.84 Å². The van der Waals surface area contributed by atoms with E-state index in [9.17, 15) is 14.7 Å². The molecule has 2 rings (SSSR count). The van der Waals surface area contributed by atoms with E-state index < -0.39 is 5.97 Å². The first-order valence-electron chi connectivity index (χ1n) is 7.67. The van der Waals surface area contributed by atoms with Gasteiger partial charge in [-0.15, -0.1) is 0 Å². The maximum Gasteiger partial charge on any atom is 0.320 e. The summed E-state index contributed by atoms with van der Waals surface area (Å²) in [6.45, 7) is 4.61. The molecule has 3 atom stereocenters. The van der Waals surface area contributed by atoms with Crippen LogP contribution in [-0.2, 0) is 14.3 Å². The van der Waals surface area contributed by atoms with Crippen LogP contribution in [0.3, 0.4) is 0 Å². The molecule has 0 aromatic carbocycles. The lowest BCUT2D eigenvalue weighted by atomic mass is 9.68. The van der Waals surface area contributed by atoms with Gasteiger partial charge >= 0.3 is 11.9 Å². The Kier molecular flexibility index (Phi) is 4.68. The minimum Gasteiger partial charge on any atom is -0.481 e. The zero-order chi connectivity index (χ0) is 14.8. The molecule has 3 unspecified atom stereocenters. The average Bonchev–Trinajstić information content (AvgIpc) is 2.38. The highest BCUT2D eigenvalue weighted by molar-refractivity contribution is 5.72. The summed E-state index contributed by atoms with van der Waals surface area (Å²) >= 11 is 0. The van der Waals surface area contributed by atoms with Crippen molar-refractivity contribution in [2.45, 2.75) is 64.0 Å². The van der Waals surface area contributed by atoms with Crippen LogP contribution < -0.4 is 0 Å². The summed E-state index contributed by atoms with van der Waals surface area (Å²) in [5, 5.41) is 9.35. The number of carboxylic acids is 1. The molecule has 0 radical (unpaired) electrons. The number of carbonyl (C=O) groups excluding carboxylic acids is 1. The molecule has 0 spiro atoms. The highest BCUT2D eigenvalue weighted by Crippen LogP contribution is 2.46. The van der Waals surface area contributed by atoms with Gasteiger partial charge in [0.2, 0.25) is 0 Å². The van der Waals surface area contributed by atoms with Crippen LogP contribution in [0.5, 0.6) is 0 Å². The molecule has 2 saturated heterocycles. The van der Waals surface area contributed by atoms with Gasteiger partial charge in [0.1, 0.15) is 0 Å². The second-order valence-corrected chi connectivity index (χ2v) is 6.03. The Morgan fingerprint density at radius 1 is 1.40 bits per heavy atom. The van der Waals surface area contributed by atoms with Gasteiger partial charge in [0.15, 0.2) is 0 Å². The molecule has 2 heterocycles. The van der Waals surface area contributed by atoms with Crippen molar-refractivity contribution in [3.63, 3.8) is 0 Å². The van der Waals surface area contributed by atoms with Crippen LogP contribution in [0.25, 0.3) is 0 Å². The number of carboxylic acid groups (broad SMARTS) is 1. The van der Waals surface area contributed by atoms with Gasteiger partial charge in [-0.3, -0.25) is 14.5 Å². The average molecular weight is 283 g/mol. The Hall–Kier alpha value is -1.10. The Morgan fingerprint density at radius 3 is 2.75 bits per heavy atom. The summed E-state index contributed by atoms with van der Waals surface area (Å²) in [5.41, 5.74) is -0.128. The molecule has 2 aliphatic rings. The Labute approximate surface area is 120 Å². The fraction of sp³-hybridized carbons (Fsp3) is 0.867. The van der Waals surface area contributed by atoms with Crippen LogP contribution in [0.4, 0.5) is 0 Å². The van der Waals surface area contributed by atoms with Crippen molar-refractivity contribution in [1.82, 2.24) is 4.90 Å². The van der Waals surface area contributed by atoms with Gasteiger partial charge in [-0.2, -0.15) is 0 Å². The zero-order valence-electron chi connectivity index (χ0n) is 12.4. The summed E-state index contributed by atoms with van der Waals surface area (Å²) in [5.74, 6) is -1.14. The third-order valence-electron chi connectivity index (χ3n) is 5.02. The molecule has 2 bridgehead atoms. The van der Waals surface area contributed by atoms with Gasteiger partial charge in [0.05, 0.1) is 19.1 Å². The van der Waals surface area contributed by atoms with Crippen molar-refractivity contribution in [3.8, 4) is 0 Å². The van der Waals surface area contributed by atoms with Crippen molar-refractivity contribution in [2.75, 3.05) is 13.2 Å². The predicted molar refractivity (Wildman–Crippen MR) is 74.4 cm³/mol. The first-order valence-corrected chi connectivity index (χ1v) is 7.67. The quantitative estimate of drug-likeness (QED) is 0.782. The number of aliphatic carboxylic acids is 1. The van der Waals surface area contributed by atoms with Crippen molar-refractivity contribution in [2.24, 2.45) is 5.92 Å². The van der Waals surface area contributed by atoms with Crippen LogP contribution in [0.1, 0.15) is 52.4 Å². The number of hydrogen-bond donors (Lipinski definition) is 1. The smallest absolute Gasteiger partial charge is 0.320 e. The summed E-state index contributed by atoms with van der Waals surface area (Å²) in [7, 11) is 0. The lowest BCUT2D eigenvalue weighted by Gasteiger charge is -2.56. The van der Waals surface area contributed by atoms with E-state index in [2.05, 4.69) is 11.8 Å². The normalized spacial score (nSPS) is 33.7. The number of nitrogens with zero attached hydrogens (tertiary/aromatic N) is 1. The van der Waals surface area contributed by atoms with Crippen molar-refractivity contribution >= 4 is 11.9 Å². The minimum atomic E-state index is -0.689. The number of hydrogen-bond acceptors (Lipinski definition) is 4. The highest BCUT2D eigenvalue weighted by Gasteiger charge is 2.50. The van der Waals surface area contributed by atoms with E-state index in [0.717, 1.165) is 25.7 Å². The van der Waals surface area contributed by atoms with E-state index in [-0.39, 0.29) is 23.5 Å². The second kappa shape index (κ2) is 6.12. The number of fused-ring (bicyclic) bond motifs is 2. The third kappa shape index (κ3) is 2.82. The summed E-state index contributed by atoms with van der Waals surface area (Å²) < 4.78 is 5.08. The molecule has 2 aliphatic heterocycles. The van der Waals surface area contributed by atoms with E-state index in [4.69, 9.17) is 4.74 Å². The lowest BCUT2D eigenvalue weighted by Crippen LogP contribution is -2.62. The van der Waals surface area contributed by atoms with E-state index in [1.54, 1.807) is 0 Å². The lowest BCUT2D eigenvalue weighted by molar-refractivity contribution is -0.158. The van der Waals surface area contributed by atoms with E-state index in [1.807, 2.05) is 6.92 Å². The van der Waals surface area contributed by atoms with Gasteiger partial charge in [-0.25, -0.2) is 0 Å². The van der Waals surface area contributed by atoms with E-state index >= 15 is 0 Å². The summed E-state index contributed by atoms with van der Waals surface area (Å²) in [6, 6.07) is 0.211. The summed E-state index contributed by atoms with van der Waals surface area (Å²) in [4.78, 5) is 25.4. The van der Waals surface area contributed by atoms with Crippen LogP contribution in [0, 0.1) is 5.92 Å². The molecule has 1 N–H and O–H groups in total. The number of ether oxygens (including phenoxy) is 1. The number of carbonyl (C=O) groups is 2. The van der Waals surface area contributed by atoms with Crippen molar-refractivity contribution in [1.29, 1.82) is 0 Å². The fourth-order valence-electron chi connectivity index (χ4n) is 4.04. The maximum atomic E-state index is 11.8. The van der Waals surface area contributed by atoms with Gasteiger partial charge in [0.25, 0.3) is 0 Å². The van der Waals surface area contributed by atoms with Crippen LogP contribution >= 0.6 is 0 Å². The molecule has 0 aliphatic carbocycles. The van der Waals surface area contributed by atoms with Crippen molar-refractivity contribution < 1.29 is 19.4 Å². The Balaban J connectivity index is 2.18. The number of rotatable bonds is 5. The fourth-order valence-corrected chi connectivity index (χ4v) is 4.04. The molecule has 0 aromatic rings. The van der Waals surface area contributed by atoms with Gasteiger partial charge in [0, 0.05) is 11.6 Å². The summed E-state index contributed by atoms with van der Waals surface area (Å²) in [6.07, 6.45) is 5.33. The monoisotopic (exact) mass is 283 g/mol. The molecule has 0 amide bonds. The first-order chi connectivity index (χ1) is 9.52. The van der Waals surface area contributed by atoms with Crippen LogP contribution in [0.2, 0.25) is 0 Å². The molecule has 0 aromatic heterocycles. The van der Waals surface area contributed by atoms with E-state index in [0.29, 0.717) is 26.0 Å². The Bertz CT molecular complexity index is 384. The molecular formula is C15H25NO4. The highest BCUT2D eigenvalue weighted by atomic mass is 16.5. The van der Waals surface area contributed by atoms with Gasteiger partial charge in [-0.1, -0.05) is 13.3 Å². The molecule has 0 saturated carbocycles. The maximum absolute atomic E-state index is 11.8. The molecular weight excluding hydrogens is 258 g/mol. The Morgan fingerprint density at radius 2 is 2.15 bits per heavy atom. The zero-order valence-corrected chi connectivity index (χ0v) is 12.4. The first kappa shape index (κ1) is 15.3. The van der Waals surface area contributed by atoms with Crippen LogP contribution in [-0.4, -0.2) is 46.7 Å². The number of piperidine rings is 2. The molecule has 5 nitrogen and oxygen atoms in total. The topological polar surface area (TPSA) is 66.8 Å². The van der Waals surface area contributed by atoms with Gasteiger partial charge in [-0.05, 0) is 39.0 Å². The minimum absolute atomic E-state index is 0.128. The third-order valence-corrected chi connectivity index (χ3v) is 5.02. The molecule has 2 fully saturated rings. The van der Waals surface area contributed by atoms with Crippen molar-refractivity contribution in [3.05, 3.63) is 0 Å². The second-order valence-electron chi connectivity index (χ2n) is 6.03. The largest absolute Gasteiger partial charge is 0.481 e. The molecule has 5 heteroatoms. The molecule has 114 valence electrons. The molecule has 20 heavy (non-hydrogen) atoms. The predicted octanol–water partition coefficient (Wildman–Crippen LogP) is 2.05. The van der Waals surface area contributed by atoms with Crippen LogP contribution in [0.15, 0.2) is 0 Å².